The summed E-state index contributed by atoms with van der Waals surface area (Å²) in [6, 6.07) is 4.36. The number of aryl methyl sites for hydroxylation is 1. The molecule has 1 N–H and O–H groups in total. The predicted molar refractivity (Wildman–Crippen MR) is 61.0 cm³/mol. The van der Waals surface area contributed by atoms with Crippen molar-refractivity contribution in [2.24, 2.45) is 0 Å². The summed E-state index contributed by atoms with van der Waals surface area (Å²) >= 11 is 0. The molecule has 1 aliphatic rings. The van der Waals surface area contributed by atoms with E-state index in [1.54, 1.807) is 6.92 Å². The van der Waals surface area contributed by atoms with Gasteiger partial charge in [0, 0.05) is 12.0 Å². The Labute approximate surface area is 99.0 Å². The van der Waals surface area contributed by atoms with E-state index in [9.17, 15) is 13.2 Å². The Morgan fingerprint density at radius 1 is 1.24 bits per heavy atom. The lowest BCUT2D eigenvalue weighted by Gasteiger charge is -2.25. The number of nitrogens with one attached hydrogen (secondary N) is 1. The van der Waals surface area contributed by atoms with Crippen LogP contribution in [0.25, 0.3) is 0 Å². The number of hydrogen-bond donors (Lipinski definition) is 1. The molecule has 0 radical (unpaired) electrons. The maximum Gasteiger partial charge on any atom is 0.416 e. The average Bonchev–Trinajstić information content (AvgIpc) is 2.64. The molecule has 1 heterocycles. The lowest BCUT2D eigenvalue weighted by molar-refractivity contribution is -0.137. The van der Waals surface area contributed by atoms with E-state index >= 15 is 0 Å². The van der Waals surface area contributed by atoms with Crippen LogP contribution in [0.3, 0.4) is 0 Å². The summed E-state index contributed by atoms with van der Waals surface area (Å²) in [7, 11) is 0. The molecule has 4 heteroatoms. The number of rotatable bonds is 1. The van der Waals surface area contributed by atoms with Crippen molar-refractivity contribution in [3.05, 3.63) is 34.9 Å². The van der Waals surface area contributed by atoms with Crippen LogP contribution < -0.4 is 5.32 Å². The van der Waals surface area contributed by atoms with Crippen LogP contribution in [0.2, 0.25) is 0 Å². The summed E-state index contributed by atoms with van der Waals surface area (Å²) in [6.45, 7) is 5.34. The van der Waals surface area contributed by atoms with E-state index in [2.05, 4.69) is 5.32 Å². The van der Waals surface area contributed by atoms with Crippen LogP contribution in [0, 0.1) is 6.92 Å². The molecule has 0 aromatic heterocycles. The monoisotopic (exact) mass is 243 g/mol. The SMILES string of the molecule is Cc1cc(C(F)(F)F)cc(C2(C)CCNC2)c1. The van der Waals surface area contributed by atoms with Crippen LogP contribution in [-0.2, 0) is 11.6 Å². The molecule has 2 rings (SSSR count). The Morgan fingerprint density at radius 3 is 2.47 bits per heavy atom. The zero-order valence-corrected chi connectivity index (χ0v) is 9.99. The van der Waals surface area contributed by atoms with Crippen molar-refractivity contribution in [2.45, 2.75) is 31.9 Å². The number of halogens is 3. The van der Waals surface area contributed by atoms with Crippen molar-refractivity contribution >= 4 is 0 Å². The molecule has 0 spiro atoms. The van der Waals surface area contributed by atoms with E-state index in [-0.39, 0.29) is 5.41 Å². The molecule has 17 heavy (non-hydrogen) atoms. The summed E-state index contributed by atoms with van der Waals surface area (Å²) in [5.74, 6) is 0. The molecule has 1 atom stereocenters. The lowest BCUT2D eigenvalue weighted by atomic mass is 9.80. The molecule has 1 unspecified atom stereocenters. The molecule has 1 nitrogen and oxygen atoms in total. The van der Waals surface area contributed by atoms with Crippen molar-refractivity contribution in [2.75, 3.05) is 13.1 Å². The van der Waals surface area contributed by atoms with Crippen LogP contribution in [0.1, 0.15) is 30.0 Å². The molecule has 1 fully saturated rings. The normalized spacial score (nSPS) is 25.2. The fourth-order valence-corrected chi connectivity index (χ4v) is 2.36. The first-order chi connectivity index (χ1) is 7.81. The van der Waals surface area contributed by atoms with E-state index in [1.807, 2.05) is 13.0 Å². The quantitative estimate of drug-likeness (QED) is 0.798. The minimum atomic E-state index is -4.26. The van der Waals surface area contributed by atoms with E-state index in [4.69, 9.17) is 0 Å². The van der Waals surface area contributed by atoms with Gasteiger partial charge in [0.15, 0.2) is 0 Å². The summed E-state index contributed by atoms with van der Waals surface area (Å²) in [5.41, 5.74) is 0.741. The van der Waals surface area contributed by atoms with Crippen LogP contribution in [0.15, 0.2) is 18.2 Å². The molecule has 1 aromatic carbocycles. The second kappa shape index (κ2) is 4.02. The van der Waals surface area contributed by atoms with E-state index in [0.717, 1.165) is 25.1 Å². The fourth-order valence-electron chi connectivity index (χ4n) is 2.36. The van der Waals surface area contributed by atoms with Gasteiger partial charge >= 0.3 is 6.18 Å². The third-order valence-electron chi connectivity index (χ3n) is 3.47. The van der Waals surface area contributed by atoms with Gasteiger partial charge in [-0.3, -0.25) is 0 Å². The van der Waals surface area contributed by atoms with Gasteiger partial charge in [-0.2, -0.15) is 13.2 Å². The smallest absolute Gasteiger partial charge is 0.316 e. The van der Waals surface area contributed by atoms with Crippen molar-refractivity contribution in [1.82, 2.24) is 5.32 Å². The first-order valence-electron chi connectivity index (χ1n) is 5.71. The van der Waals surface area contributed by atoms with Crippen LogP contribution in [0.4, 0.5) is 13.2 Å². The van der Waals surface area contributed by atoms with Crippen molar-refractivity contribution in [3.63, 3.8) is 0 Å². The van der Waals surface area contributed by atoms with Gasteiger partial charge in [0.2, 0.25) is 0 Å². The van der Waals surface area contributed by atoms with Gasteiger partial charge in [-0.05, 0) is 37.6 Å². The second-order valence-electron chi connectivity index (χ2n) is 5.07. The first-order valence-corrected chi connectivity index (χ1v) is 5.71. The molecule has 0 aliphatic carbocycles. The molecular formula is C13H16F3N. The Hall–Kier alpha value is -1.03. The topological polar surface area (TPSA) is 12.0 Å². The van der Waals surface area contributed by atoms with Gasteiger partial charge in [0.1, 0.15) is 0 Å². The zero-order valence-electron chi connectivity index (χ0n) is 9.99. The standard InChI is InChI=1S/C13H16F3N/c1-9-5-10(12(2)3-4-17-8-12)7-11(6-9)13(14,15)16/h5-7,17H,3-4,8H2,1-2H3. The van der Waals surface area contributed by atoms with Crippen LogP contribution in [-0.4, -0.2) is 13.1 Å². The maximum atomic E-state index is 12.7. The minimum Gasteiger partial charge on any atom is -0.316 e. The lowest BCUT2D eigenvalue weighted by Crippen LogP contribution is -2.25. The summed E-state index contributed by atoms with van der Waals surface area (Å²) < 4.78 is 38.2. The predicted octanol–water partition coefficient (Wildman–Crippen LogP) is 3.26. The number of benzene rings is 1. The van der Waals surface area contributed by atoms with Crippen LogP contribution in [0.5, 0.6) is 0 Å². The van der Waals surface area contributed by atoms with Gasteiger partial charge in [-0.25, -0.2) is 0 Å². The minimum absolute atomic E-state index is 0.175. The highest BCUT2D eigenvalue weighted by Crippen LogP contribution is 2.36. The summed E-state index contributed by atoms with van der Waals surface area (Å²) in [5, 5.41) is 3.21. The Morgan fingerprint density at radius 2 is 1.94 bits per heavy atom. The third kappa shape index (κ3) is 2.46. The molecule has 0 amide bonds. The fraction of sp³-hybridized carbons (Fsp3) is 0.538. The highest BCUT2D eigenvalue weighted by molar-refractivity contribution is 5.36. The molecule has 94 valence electrons. The summed E-state index contributed by atoms with van der Waals surface area (Å²) in [6.07, 6.45) is -3.38. The average molecular weight is 243 g/mol. The molecule has 1 aliphatic heterocycles. The number of alkyl halides is 3. The third-order valence-corrected chi connectivity index (χ3v) is 3.47. The maximum absolute atomic E-state index is 12.7. The van der Waals surface area contributed by atoms with E-state index in [1.165, 1.54) is 12.1 Å². The van der Waals surface area contributed by atoms with Crippen LogP contribution >= 0.6 is 0 Å². The Balaban J connectivity index is 2.45. The molecular weight excluding hydrogens is 227 g/mol. The molecule has 1 aromatic rings. The van der Waals surface area contributed by atoms with Crippen molar-refractivity contribution in [1.29, 1.82) is 0 Å². The second-order valence-corrected chi connectivity index (χ2v) is 5.07. The van der Waals surface area contributed by atoms with Gasteiger partial charge in [-0.1, -0.05) is 18.6 Å². The van der Waals surface area contributed by atoms with Crippen molar-refractivity contribution in [3.8, 4) is 0 Å². The number of hydrogen-bond acceptors (Lipinski definition) is 1. The first kappa shape index (κ1) is 12.4. The van der Waals surface area contributed by atoms with Gasteiger partial charge < -0.3 is 5.32 Å². The van der Waals surface area contributed by atoms with Gasteiger partial charge in [0.25, 0.3) is 0 Å². The Bertz CT molecular complexity index is 417. The molecule has 1 saturated heterocycles. The highest BCUT2D eigenvalue weighted by Gasteiger charge is 2.35. The van der Waals surface area contributed by atoms with Gasteiger partial charge in [0.05, 0.1) is 5.56 Å². The van der Waals surface area contributed by atoms with E-state index < -0.39 is 11.7 Å². The Kier molecular flexibility index (Phi) is 2.94. The van der Waals surface area contributed by atoms with Crippen molar-refractivity contribution < 1.29 is 13.2 Å². The summed E-state index contributed by atoms with van der Waals surface area (Å²) in [4.78, 5) is 0. The molecule has 0 saturated carbocycles. The zero-order chi connectivity index (χ0) is 12.7. The largest absolute Gasteiger partial charge is 0.416 e. The molecule has 0 bridgehead atoms. The highest BCUT2D eigenvalue weighted by atomic mass is 19.4. The van der Waals surface area contributed by atoms with E-state index in [0.29, 0.717) is 5.56 Å². The van der Waals surface area contributed by atoms with Gasteiger partial charge in [-0.15, -0.1) is 0 Å².